The molecule has 80 valence electrons. The van der Waals surface area contributed by atoms with Gasteiger partial charge >= 0.3 is 0 Å². The van der Waals surface area contributed by atoms with Crippen LogP contribution >= 0.6 is 0 Å². The Morgan fingerprint density at radius 3 is 2.93 bits per heavy atom. The number of nitrogens with one attached hydrogen (secondary N) is 1. The van der Waals surface area contributed by atoms with Gasteiger partial charge in [-0.1, -0.05) is 37.6 Å². The lowest BCUT2D eigenvalue weighted by Crippen LogP contribution is -2.48. The van der Waals surface area contributed by atoms with E-state index < -0.39 is 5.54 Å². The molecule has 0 spiro atoms. The number of carbonyl (C=O) groups excluding carboxylic acids is 1. The molecule has 1 aromatic carbocycles. The Morgan fingerprint density at radius 1 is 1.53 bits per heavy atom. The molecule has 1 aliphatic heterocycles. The van der Waals surface area contributed by atoms with Gasteiger partial charge in [-0.15, -0.1) is 0 Å². The Bertz CT molecular complexity index is 385. The maximum atomic E-state index is 11.6. The van der Waals surface area contributed by atoms with Crippen molar-refractivity contribution in [3.63, 3.8) is 0 Å². The molecule has 0 radical (unpaired) electrons. The molecule has 15 heavy (non-hydrogen) atoms. The summed E-state index contributed by atoms with van der Waals surface area (Å²) in [7, 11) is 0. The van der Waals surface area contributed by atoms with Gasteiger partial charge in [-0.3, -0.25) is 10.1 Å². The molecule has 3 heteroatoms. The van der Waals surface area contributed by atoms with E-state index in [-0.39, 0.29) is 5.91 Å². The van der Waals surface area contributed by atoms with Crippen molar-refractivity contribution in [2.75, 3.05) is 0 Å². The highest BCUT2D eigenvalue weighted by Gasteiger charge is 2.42. The molecule has 1 aliphatic rings. The van der Waals surface area contributed by atoms with Gasteiger partial charge in [-0.25, -0.2) is 0 Å². The van der Waals surface area contributed by atoms with Crippen LogP contribution < -0.4 is 11.1 Å². The third-order valence-corrected chi connectivity index (χ3v) is 3.10. The second-order valence-electron chi connectivity index (χ2n) is 4.03. The number of rotatable bonds is 3. The Hall–Kier alpha value is -1.35. The van der Waals surface area contributed by atoms with E-state index in [4.69, 9.17) is 5.73 Å². The van der Waals surface area contributed by atoms with Crippen LogP contribution in [0.4, 0.5) is 0 Å². The first-order chi connectivity index (χ1) is 7.20. The van der Waals surface area contributed by atoms with Gasteiger partial charge in [-0.2, -0.15) is 0 Å². The SMILES string of the molecule is CCCC1(C(N)=O)NCc2ccccc21. The molecule has 3 N–H and O–H groups in total. The molecule has 0 saturated carbocycles. The summed E-state index contributed by atoms with van der Waals surface area (Å²) in [5.41, 5.74) is 7.14. The standard InChI is InChI=1S/C12H16N2O/c1-2-7-12(11(13)15)10-6-4-3-5-9(10)8-14-12/h3-6,14H,2,7-8H2,1H3,(H2,13,15). The van der Waals surface area contributed by atoms with Crippen molar-refractivity contribution in [3.8, 4) is 0 Å². The van der Waals surface area contributed by atoms with E-state index in [0.29, 0.717) is 0 Å². The fraction of sp³-hybridized carbons (Fsp3) is 0.417. The summed E-state index contributed by atoms with van der Waals surface area (Å²) >= 11 is 0. The third kappa shape index (κ3) is 1.43. The largest absolute Gasteiger partial charge is 0.368 e. The number of fused-ring (bicyclic) bond motifs is 1. The zero-order chi connectivity index (χ0) is 10.9. The van der Waals surface area contributed by atoms with Gasteiger partial charge in [0.15, 0.2) is 0 Å². The second kappa shape index (κ2) is 3.66. The van der Waals surface area contributed by atoms with Gasteiger partial charge in [0.25, 0.3) is 0 Å². The van der Waals surface area contributed by atoms with Gasteiger partial charge in [0.2, 0.25) is 5.91 Å². The fourth-order valence-electron chi connectivity index (χ4n) is 2.37. The van der Waals surface area contributed by atoms with E-state index in [0.717, 1.165) is 24.9 Å². The van der Waals surface area contributed by atoms with Crippen molar-refractivity contribution < 1.29 is 4.79 Å². The first kappa shape index (κ1) is 10.2. The molecule has 1 aromatic rings. The summed E-state index contributed by atoms with van der Waals surface area (Å²) in [5, 5.41) is 3.26. The van der Waals surface area contributed by atoms with Gasteiger partial charge < -0.3 is 5.73 Å². The predicted molar refractivity (Wildman–Crippen MR) is 59.1 cm³/mol. The lowest BCUT2D eigenvalue weighted by atomic mass is 9.86. The lowest BCUT2D eigenvalue weighted by molar-refractivity contribution is -0.124. The molecule has 0 saturated heterocycles. The number of hydrogen-bond acceptors (Lipinski definition) is 2. The zero-order valence-corrected chi connectivity index (χ0v) is 8.92. The maximum absolute atomic E-state index is 11.6. The highest BCUT2D eigenvalue weighted by Crippen LogP contribution is 2.34. The Labute approximate surface area is 89.7 Å². The summed E-state index contributed by atoms with van der Waals surface area (Å²) in [6.45, 7) is 2.80. The molecular weight excluding hydrogens is 188 g/mol. The van der Waals surface area contributed by atoms with Crippen molar-refractivity contribution in [2.45, 2.75) is 31.8 Å². The summed E-state index contributed by atoms with van der Waals surface area (Å²) < 4.78 is 0. The molecule has 1 heterocycles. The average Bonchev–Trinajstić information content (AvgIpc) is 2.60. The normalized spacial score (nSPS) is 23.8. The third-order valence-electron chi connectivity index (χ3n) is 3.10. The van der Waals surface area contributed by atoms with Crippen LogP contribution in [0.15, 0.2) is 24.3 Å². The van der Waals surface area contributed by atoms with Gasteiger partial charge in [0.1, 0.15) is 5.54 Å². The van der Waals surface area contributed by atoms with E-state index in [1.165, 1.54) is 5.56 Å². The van der Waals surface area contributed by atoms with E-state index in [1.807, 2.05) is 24.3 Å². The van der Waals surface area contributed by atoms with Gasteiger partial charge in [0, 0.05) is 6.54 Å². The summed E-state index contributed by atoms with van der Waals surface area (Å²) in [4.78, 5) is 11.6. The highest BCUT2D eigenvalue weighted by atomic mass is 16.1. The van der Waals surface area contributed by atoms with E-state index >= 15 is 0 Å². The minimum Gasteiger partial charge on any atom is -0.368 e. The number of hydrogen-bond donors (Lipinski definition) is 2. The number of primary amides is 1. The van der Waals surface area contributed by atoms with Crippen LogP contribution in [0.25, 0.3) is 0 Å². The van der Waals surface area contributed by atoms with E-state index in [2.05, 4.69) is 12.2 Å². The highest BCUT2D eigenvalue weighted by molar-refractivity contribution is 5.87. The monoisotopic (exact) mass is 204 g/mol. The van der Waals surface area contributed by atoms with Crippen molar-refractivity contribution in [2.24, 2.45) is 5.73 Å². The molecule has 1 unspecified atom stereocenters. The van der Waals surface area contributed by atoms with E-state index in [1.54, 1.807) is 0 Å². The van der Waals surface area contributed by atoms with Crippen LogP contribution in [0.2, 0.25) is 0 Å². The van der Waals surface area contributed by atoms with Gasteiger partial charge in [-0.05, 0) is 17.5 Å². The molecule has 0 aromatic heterocycles. The Balaban J connectivity index is 2.49. The van der Waals surface area contributed by atoms with Gasteiger partial charge in [0.05, 0.1) is 0 Å². The summed E-state index contributed by atoms with van der Waals surface area (Å²) in [6, 6.07) is 7.99. The number of amides is 1. The number of benzene rings is 1. The summed E-state index contributed by atoms with van der Waals surface area (Å²) in [5.74, 6) is -0.269. The molecule has 0 fully saturated rings. The molecule has 0 aliphatic carbocycles. The topological polar surface area (TPSA) is 55.1 Å². The minimum absolute atomic E-state index is 0.269. The van der Waals surface area contributed by atoms with Crippen LogP contribution in [0, 0.1) is 0 Å². The molecule has 2 rings (SSSR count). The van der Waals surface area contributed by atoms with Crippen molar-refractivity contribution >= 4 is 5.91 Å². The molecule has 1 atom stereocenters. The first-order valence-corrected chi connectivity index (χ1v) is 5.34. The van der Waals surface area contributed by atoms with Crippen LogP contribution in [-0.4, -0.2) is 5.91 Å². The fourth-order valence-corrected chi connectivity index (χ4v) is 2.37. The van der Waals surface area contributed by atoms with Crippen LogP contribution in [-0.2, 0) is 16.9 Å². The van der Waals surface area contributed by atoms with E-state index in [9.17, 15) is 4.79 Å². The Kier molecular flexibility index (Phi) is 2.49. The minimum atomic E-state index is -0.634. The quantitative estimate of drug-likeness (QED) is 0.779. The lowest BCUT2D eigenvalue weighted by Gasteiger charge is -2.26. The summed E-state index contributed by atoms with van der Waals surface area (Å²) in [6.07, 6.45) is 1.70. The van der Waals surface area contributed by atoms with Crippen LogP contribution in [0.1, 0.15) is 30.9 Å². The molecule has 1 amide bonds. The van der Waals surface area contributed by atoms with Crippen molar-refractivity contribution in [1.82, 2.24) is 5.32 Å². The van der Waals surface area contributed by atoms with Crippen molar-refractivity contribution in [1.29, 1.82) is 0 Å². The molecule has 3 nitrogen and oxygen atoms in total. The number of carbonyl (C=O) groups is 1. The number of nitrogens with two attached hydrogens (primary N) is 1. The molecule has 0 bridgehead atoms. The first-order valence-electron chi connectivity index (χ1n) is 5.34. The molecular formula is C12H16N2O. The van der Waals surface area contributed by atoms with Crippen LogP contribution in [0.5, 0.6) is 0 Å². The second-order valence-corrected chi connectivity index (χ2v) is 4.03. The van der Waals surface area contributed by atoms with Crippen molar-refractivity contribution in [3.05, 3.63) is 35.4 Å². The predicted octanol–water partition coefficient (Wildman–Crippen LogP) is 1.27. The smallest absolute Gasteiger partial charge is 0.242 e. The van der Waals surface area contributed by atoms with Crippen LogP contribution in [0.3, 0.4) is 0 Å². The zero-order valence-electron chi connectivity index (χ0n) is 8.92. The average molecular weight is 204 g/mol. The maximum Gasteiger partial charge on any atom is 0.242 e. The Morgan fingerprint density at radius 2 is 2.27 bits per heavy atom.